The minimum atomic E-state index is -0.0311. The van der Waals surface area contributed by atoms with Crippen LogP contribution in [-0.2, 0) is 4.79 Å². The summed E-state index contributed by atoms with van der Waals surface area (Å²) < 4.78 is 0. The lowest BCUT2D eigenvalue weighted by atomic mass is 10.2. The maximum Gasteiger partial charge on any atom is 0.246 e. The maximum absolute atomic E-state index is 12.4. The van der Waals surface area contributed by atoms with Crippen molar-refractivity contribution in [3.8, 4) is 5.75 Å². The number of hydrogen-bond donors (Lipinski definition) is 1. The second kappa shape index (κ2) is 7.81. The zero-order valence-electron chi connectivity index (χ0n) is 13.5. The van der Waals surface area contributed by atoms with Gasteiger partial charge in [-0.05, 0) is 48.0 Å². The number of benzene rings is 2. The summed E-state index contributed by atoms with van der Waals surface area (Å²) in [4.78, 5) is 16.4. The first-order chi connectivity index (χ1) is 12.0. The van der Waals surface area contributed by atoms with Gasteiger partial charge in [-0.1, -0.05) is 29.3 Å². The lowest BCUT2D eigenvalue weighted by molar-refractivity contribution is -0.126. The SMILES string of the molecule is O=C(/C=C/c1ccc(Cl)cc1Cl)N1CCN(c2ccc(O)cc2)CC1. The highest BCUT2D eigenvalue weighted by Gasteiger charge is 2.19. The van der Waals surface area contributed by atoms with Gasteiger partial charge in [0.15, 0.2) is 0 Å². The number of aromatic hydroxyl groups is 1. The predicted octanol–water partition coefficient (Wildman–Crippen LogP) is 4.06. The molecule has 4 nitrogen and oxygen atoms in total. The minimum Gasteiger partial charge on any atom is -0.508 e. The van der Waals surface area contributed by atoms with Crippen LogP contribution in [0.1, 0.15) is 5.56 Å². The molecule has 0 radical (unpaired) electrons. The Morgan fingerprint density at radius 1 is 1.00 bits per heavy atom. The van der Waals surface area contributed by atoms with E-state index in [-0.39, 0.29) is 11.7 Å². The molecule has 0 unspecified atom stereocenters. The molecule has 1 aliphatic rings. The van der Waals surface area contributed by atoms with E-state index in [0.29, 0.717) is 23.1 Å². The van der Waals surface area contributed by atoms with Crippen LogP contribution < -0.4 is 4.90 Å². The van der Waals surface area contributed by atoms with Crippen LogP contribution in [0.15, 0.2) is 48.5 Å². The van der Waals surface area contributed by atoms with Crippen molar-refractivity contribution < 1.29 is 9.90 Å². The molecule has 2 aromatic carbocycles. The number of nitrogens with zero attached hydrogens (tertiary/aromatic N) is 2. The number of anilines is 1. The van der Waals surface area contributed by atoms with E-state index in [1.807, 2.05) is 17.0 Å². The van der Waals surface area contributed by atoms with Crippen molar-refractivity contribution in [2.45, 2.75) is 0 Å². The van der Waals surface area contributed by atoms with Gasteiger partial charge in [0.25, 0.3) is 0 Å². The highest BCUT2D eigenvalue weighted by molar-refractivity contribution is 6.35. The zero-order chi connectivity index (χ0) is 17.8. The number of hydrogen-bond acceptors (Lipinski definition) is 3. The first-order valence-corrected chi connectivity index (χ1v) is 8.74. The van der Waals surface area contributed by atoms with Crippen LogP contribution in [0.5, 0.6) is 5.75 Å². The molecule has 1 saturated heterocycles. The zero-order valence-corrected chi connectivity index (χ0v) is 15.0. The summed E-state index contributed by atoms with van der Waals surface area (Å²) in [5.41, 5.74) is 1.82. The monoisotopic (exact) mass is 376 g/mol. The number of carbonyl (C=O) groups is 1. The third kappa shape index (κ3) is 4.47. The van der Waals surface area contributed by atoms with Gasteiger partial charge in [-0.2, -0.15) is 0 Å². The van der Waals surface area contributed by atoms with Crippen LogP contribution in [0.3, 0.4) is 0 Å². The number of carbonyl (C=O) groups excluding carboxylic acids is 1. The number of piperazine rings is 1. The van der Waals surface area contributed by atoms with Gasteiger partial charge in [0.05, 0.1) is 0 Å². The van der Waals surface area contributed by atoms with Crippen molar-refractivity contribution in [1.29, 1.82) is 0 Å². The first-order valence-electron chi connectivity index (χ1n) is 7.99. The summed E-state index contributed by atoms with van der Waals surface area (Å²) in [6, 6.07) is 12.3. The molecule has 1 fully saturated rings. The summed E-state index contributed by atoms with van der Waals surface area (Å²) in [5.74, 6) is 0.222. The molecule has 1 N–H and O–H groups in total. The smallest absolute Gasteiger partial charge is 0.246 e. The standard InChI is InChI=1S/C19H18Cl2N2O2/c20-15-3-1-14(18(21)13-15)2-8-19(25)23-11-9-22(10-12-23)16-4-6-17(24)7-5-16/h1-8,13,24H,9-12H2/b8-2+. The Hall–Kier alpha value is -2.17. The molecule has 1 amide bonds. The fourth-order valence-corrected chi connectivity index (χ4v) is 3.22. The van der Waals surface area contributed by atoms with Crippen LogP contribution >= 0.6 is 23.2 Å². The van der Waals surface area contributed by atoms with E-state index in [2.05, 4.69) is 4.90 Å². The topological polar surface area (TPSA) is 43.8 Å². The summed E-state index contributed by atoms with van der Waals surface area (Å²) in [7, 11) is 0. The molecule has 1 heterocycles. The molecule has 0 aliphatic carbocycles. The van der Waals surface area contributed by atoms with Gasteiger partial charge < -0.3 is 14.9 Å². The molecule has 0 bridgehead atoms. The number of amides is 1. The Morgan fingerprint density at radius 2 is 1.68 bits per heavy atom. The minimum absolute atomic E-state index is 0.0311. The quantitative estimate of drug-likeness (QED) is 0.821. The first kappa shape index (κ1) is 17.6. The second-order valence-electron chi connectivity index (χ2n) is 5.83. The van der Waals surface area contributed by atoms with E-state index in [9.17, 15) is 9.90 Å². The largest absolute Gasteiger partial charge is 0.508 e. The van der Waals surface area contributed by atoms with Gasteiger partial charge in [0.1, 0.15) is 5.75 Å². The normalized spacial score (nSPS) is 15.0. The van der Waals surface area contributed by atoms with E-state index < -0.39 is 0 Å². The lowest BCUT2D eigenvalue weighted by Crippen LogP contribution is -2.48. The van der Waals surface area contributed by atoms with Crippen LogP contribution in [-0.4, -0.2) is 42.1 Å². The third-order valence-corrected chi connectivity index (χ3v) is 4.74. The van der Waals surface area contributed by atoms with Gasteiger partial charge in [0, 0.05) is 48.0 Å². The molecule has 0 saturated carbocycles. The third-order valence-electron chi connectivity index (χ3n) is 4.17. The molecule has 0 spiro atoms. The van der Waals surface area contributed by atoms with E-state index in [1.165, 1.54) is 0 Å². The highest BCUT2D eigenvalue weighted by Crippen LogP contribution is 2.22. The van der Waals surface area contributed by atoms with Crippen molar-refractivity contribution in [2.24, 2.45) is 0 Å². The predicted molar refractivity (Wildman–Crippen MR) is 102 cm³/mol. The maximum atomic E-state index is 12.4. The van der Waals surface area contributed by atoms with Crippen molar-refractivity contribution >= 4 is 40.9 Å². The molecular formula is C19H18Cl2N2O2. The Balaban J connectivity index is 1.58. The number of rotatable bonds is 3. The average molecular weight is 377 g/mol. The molecule has 0 aromatic heterocycles. The summed E-state index contributed by atoms with van der Waals surface area (Å²) >= 11 is 12.0. The highest BCUT2D eigenvalue weighted by atomic mass is 35.5. The molecule has 3 rings (SSSR count). The van der Waals surface area contributed by atoms with Crippen molar-refractivity contribution in [3.05, 3.63) is 64.1 Å². The molecule has 6 heteroatoms. The Morgan fingerprint density at radius 3 is 2.32 bits per heavy atom. The van der Waals surface area contributed by atoms with Gasteiger partial charge in [-0.15, -0.1) is 0 Å². The molecular weight excluding hydrogens is 359 g/mol. The number of phenols is 1. The van der Waals surface area contributed by atoms with Crippen molar-refractivity contribution in [3.63, 3.8) is 0 Å². The molecule has 25 heavy (non-hydrogen) atoms. The molecule has 1 aliphatic heterocycles. The lowest BCUT2D eigenvalue weighted by Gasteiger charge is -2.35. The van der Waals surface area contributed by atoms with Crippen molar-refractivity contribution in [2.75, 3.05) is 31.1 Å². The van der Waals surface area contributed by atoms with E-state index in [4.69, 9.17) is 23.2 Å². The van der Waals surface area contributed by atoms with Gasteiger partial charge in [-0.25, -0.2) is 0 Å². The van der Waals surface area contributed by atoms with Gasteiger partial charge in [-0.3, -0.25) is 4.79 Å². The van der Waals surface area contributed by atoms with Gasteiger partial charge in [0.2, 0.25) is 5.91 Å². The number of halogens is 2. The Kier molecular flexibility index (Phi) is 5.51. The van der Waals surface area contributed by atoms with E-state index >= 15 is 0 Å². The van der Waals surface area contributed by atoms with Crippen LogP contribution in [0, 0.1) is 0 Å². The summed E-state index contributed by atoms with van der Waals surface area (Å²) in [6.45, 7) is 2.81. The average Bonchev–Trinajstić information content (AvgIpc) is 2.61. The molecule has 0 atom stereocenters. The fourth-order valence-electron chi connectivity index (χ4n) is 2.75. The van der Waals surface area contributed by atoms with Crippen LogP contribution in [0.25, 0.3) is 6.08 Å². The summed E-state index contributed by atoms with van der Waals surface area (Å²) in [6.07, 6.45) is 3.26. The summed E-state index contributed by atoms with van der Waals surface area (Å²) in [5, 5.41) is 10.5. The second-order valence-corrected chi connectivity index (χ2v) is 6.67. The number of phenolic OH excluding ortho intramolecular Hbond substituents is 1. The van der Waals surface area contributed by atoms with Crippen LogP contribution in [0.2, 0.25) is 10.0 Å². The van der Waals surface area contributed by atoms with E-state index in [0.717, 1.165) is 24.3 Å². The van der Waals surface area contributed by atoms with E-state index in [1.54, 1.807) is 42.5 Å². The molecule has 2 aromatic rings. The Labute approximate surface area is 156 Å². The Bertz CT molecular complexity index is 783. The van der Waals surface area contributed by atoms with Gasteiger partial charge >= 0.3 is 0 Å². The van der Waals surface area contributed by atoms with Crippen LogP contribution in [0.4, 0.5) is 5.69 Å². The fraction of sp³-hybridized carbons (Fsp3) is 0.211. The molecule has 130 valence electrons. The van der Waals surface area contributed by atoms with Crippen molar-refractivity contribution in [1.82, 2.24) is 4.90 Å².